The van der Waals surface area contributed by atoms with Crippen molar-refractivity contribution < 1.29 is 28.5 Å². The Labute approximate surface area is 230 Å². The Morgan fingerprint density at radius 3 is 2.48 bits per heavy atom. The van der Waals surface area contributed by atoms with Gasteiger partial charge in [0.05, 0.1) is 46.1 Å². The molecule has 0 bridgehead atoms. The maximum absolute atomic E-state index is 13.7. The topological polar surface area (TPSA) is 131 Å². The Balaban J connectivity index is 1.83. The molecule has 1 aliphatic heterocycles. The van der Waals surface area contributed by atoms with E-state index in [1.165, 1.54) is 32.3 Å². The summed E-state index contributed by atoms with van der Waals surface area (Å²) in [5.74, 6) is -0.256. The number of aromatic nitrogens is 3. The first-order chi connectivity index (χ1) is 19.3. The highest BCUT2D eigenvalue weighted by Gasteiger charge is 2.32. The average Bonchev–Trinajstić information content (AvgIpc) is 2.99. The third kappa shape index (κ3) is 5.85. The molecule has 1 atom stereocenters. The van der Waals surface area contributed by atoms with E-state index >= 15 is 0 Å². The molecule has 12 nitrogen and oxygen atoms in total. The first-order valence-corrected chi connectivity index (χ1v) is 12.9. The number of rotatable bonds is 9. The summed E-state index contributed by atoms with van der Waals surface area (Å²) < 4.78 is 23.0. The minimum absolute atomic E-state index is 0.0875. The number of hydrogen-bond donors (Lipinski definition) is 0. The van der Waals surface area contributed by atoms with Gasteiger partial charge in [0.2, 0.25) is 5.69 Å². The Hall–Kier alpha value is -4.61. The molecular formula is C28H32N4O8. The van der Waals surface area contributed by atoms with Gasteiger partial charge in [0.15, 0.2) is 11.5 Å². The van der Waals surface area contributed by atoms with Crippen LogP contribution in [0.1, 0.15) is 35.8 Å². The van der Waals surface area contributed by atoms with Crippen LogP contribution in [0, 0.1) is 5.92 Å². The van der Waals surface area contributed by atoms with Crippen LogP contribution in [0.5, 0.6) is 17.2 Å². The van der Waals surface area contributed by atoms with E-state index < -0.39 is 34.7 Å². The quantitative estimate of drug-likeness (QED) is 0.365. The van der Waals surface area contributed by atoms with Crippen LogP contribution in [0.2, 0.25) is 0 Å². The van der Waals surface area contributed by atoms with E-state index in [1.807, 2.05) is 0 Å². The molecule has 2 heterocycles. The van der Waals surface area contributed by atoms with Crippen molar-refractivity contribution in [3.8, 4) is 22.9 Å². The lowest BCUT2D eigenvalue weighted by atomic mass is 9.98. The Morgan fingerprint density at radius 2 is 1.77 bits per heavy atom. The number of carbonyl (C=O) groups excluding carboxylic acids is 2. The van der Waals surface area contributed by atoms with Crippen molar-refractivity contribution in [1.29, 1.82) is 0 Å². The van der Waals surface area contributed by atoms with Crippen molar-refractivity contribution >= 4 is 11.9 Å². The molecule has 0 N–H and O–H groups in total. The van der Waals surface area contributed by atoms with Crippen LogP contribution in [0.15, 0.2) is 52.1 Å². The van der Waals surface area contributed by atoms with Crippen LogP contribution in [0.3, 0.4) is 0 Å². The van der Waals surface area contributed by atoms with Crippen molar-refractivity contribution in [2.24, 2.45) is 5.92 Å². The third-order valence-electron chi connectivity index (χ3n) is 6.68. The van der Waals surface area contributed by atoms with Crippen LogP contribution >= 0.6 is 0 Å². The Kier molecular flexibility index (Phi) is 8.87. The predicted octanol–water partition coefficient (Wildman–Crippen LogP) is 1.88. The standard InChI is InChI=1S/C28H32N4O8/c1-5-40-27(35)19-9-7-13-30(17-19)25(33)24-26(34)31(16-18-8-6-10-21(14-18)37-2)28(36)32(29-24)20-11-12-22(38-3)23(15-20)39-4/h6,8,10-12,14-15,19H,5,7,9,13,16-17H2,1-4H3. The summed E-state index contributed by atoms with van der Waals surface area (Å²) >= 11 is 0. The molecule has 0 spiro atoms. The summed E-state index contributed by atoms with van der Waals surface area (Å²) in [5, 5.41) is 4.23. The molecule has 0 radical (unpaired) electrons. The molecule has 0 aliphatic carbocycles. The normalized spacial score (nSPS) is 14.9. The van der Waals surface area contributed by atoms with E-state index in [1.54, 1.807) is 43.3 Å². The molecular weight excluding hydrogens is 520 g/mol. The maximum Gasteiger partial charge on any atom is 0.352 e. The lowest BCUT2D eigenvalue weighted by Gasteiger charge is -2.31. The van der Waals surface area contributed by atoms with Gasteiger partial charge in [-0.2, -0.15) is 9.78 Å². The van der Waals surface area contributed by atoms with E-state index in [-0.39, 0.29) is 25.4 Å². The summed E-state index contributed by atoms with van der Waals surface area (Å²) in [7, 11) is 4.45. The van der Waals surface area contributed by atoms with Crippen molar-refractivity contribution in [3.05, 3.63) is 74.6 Å². The molecule has 1 aliphatic rings. The molecule has 40 heavy (non-hydrogen) atoms. The highest BCUT2D eigenvalue weighted by Crippen LogP contribution is 2.28. The van der Waals surface area contributed by atoms with E-state index in [0.29, 0.717) is 42.2 Å². The molecule has 1 fully saturated rings. The highest BCUT2D eigenvalue weighted by molar-refractivity contribution is 5.92. The second kappa shape index (κ2) is 12.5. The number of ether oxygens (including phenoxy) is 4. The number of piperidine rings is 1. The SMILES string of the molecule is CCOC(=O)C1CCCN(C(=O)c2nn(-c3ccc(OC)c(OC)c3)c(=O)n(Cc3cccc(OC)c3)c2=O)C1. The van der Waals surface area contributed by atoms with Gasteiger partial charge in [-0.05, 0) is 49.6 Å². The number of methoxy groups -OCH3 is 3. The van der Waals surface area contributed by atoms with E-state index in [2.05, 4.69) is 5.10 Å². The summed E-state index contributed by atoms with van der Waals surface area (Å²) in [5.41, 5.74) is -1.16. The van der Waals surface area contributed by atoms with Crippen LogP contribution < -0.4 is 25.5 Å². The zero-order chi connectivity index (χ0) is 28.8. The number of nitrogens with zero attached hydrogens (tertiary/aromatic N) is 4. The minimum Gasteiger partial charge on any atom is -0.497 e. The molecule has 1 unspecified atom stereocenters. The van der Waals surface area contributed by atoms with Gasteiger partial charge in [-0.15, -0.1) is 0 Å². The average molecular weight is 553 g/mol. The van der Waals surface area contributed by atoms with Gasteiger partial charge in [0.1, 0.15) is 5.75 Å². The lowest BCUT2D eigenvalue weighted by molar-refractivity contribution is -0.149. The van der Waals surface area contributed by atoms with E-state index in [0.717, 1.165) is 9.25 Å². The van der Waals surface area contributed by atoms with E-state index in [4.69, 9.17) is 18.9 Å². The summed E-state index contributed by atoms with van der Waals surface area (Å²) in [6, 6.07) is 11.6. The molecule has 2 aromatic carbocycles. The monoisotopic (exact) mass is 552 g/mol. The first-order valence-electron chi connectivity index (χ1n) is 12.9. The van der Waals surface area contributed by atoms with Crippen molar-refractivity contribution in [3.63, 3.8) is 0 Å². The van der Waals surface area contributed by atoms with Gasteiger partial charge in [0.25, 0.3) is 11.5 Å². The summed E-state index contributed by atoms with van der Waals surface area (Å²) in [6.07, 6.45) is 1.13. The highest BCUT2D eigenvalue weighted by atomic mass is 16.5. The van der Waals surface area contributed by atoms with Gasteiger partial charge in [-0.25, -0.2) is 4.79 Å². The van der Waals surface area contributed by atoms with Crippen LogP contribution in [0.25, 0.3) is 5.69 Å². The molecule has 1 amide bonds. The Bertz CT molecular complexity index is 1510. The molecule has 0 saturated carbocycles. The number of likely N-dealkylation sites (tertiary alicyclic amines) is 1. The zero-order valence-electron chi connectivity index (χ0n) is 22.9. The minimum atomic E-state index is -0.840. The molecule has 12 heteroatoms. The largest absolute Gasteiger partial charge is 0.497 e. The third-order valence-corrected chi connectivity index (χ3v) is 6.68. The molecule has 212 valence electrons. The van der Waals surface area contributed by atoms with Crippen LogP contribution in [-0.2, 0) is 16.1 Å². The van der Waals surface area contributed by atoms with Gasteiger partial charge in [-0.3, -0.25) is 19.0 Å². The second-order valence-corrected chi connectivity index (χ2v) is 9.17. The zero-order valence-corrected chi connectivity index (χ0v) is 22.9. The van der Waals surface area contributed by atoms with Gasteiger partial charge >= 0.3 is 11.7 Å². The van der Waals surface area contributed by atoms with Crippen LogP contribution in [-0.4, -0.2) is 72.1 Å². The smallest absolute Gasteiger partial charge is 0.352 e. The van der Waals surface area contributed by atoms with Crippen molar-refractivity contribution in [2.45, 2.75) is 26.3 Å². The fourth-order valence-electron chi connectivity index (χ4n) is 4.63. The number of benzene rings is 2. The van der Waals surface area contributed by atoms with Gasteiger partial charge in [0, 0.05) is 19.2 Å². The number of amides is 1. The lowest BCUT2D eigenvalue weighted by Crippen LogP contribution is -2.49. The number of esters is 1. The van der Waals surface area contributed by atoms with E-state index in [9.17, 15) is 19.2 Å². The van der Waals surface area contributed by atoms with Crippen LogP contribution in [0.4, 0.5) is 0 Å². The predicted molar refractivity (Wildman–Crippen MR) is 145 cm³/mol. The number of hydrogen-bond acceptors (Lipinski definition) is 9. The van der Waals surface area contributed by atoms with Gasteiger partial charge < -0.3 is 23.8 Å². The maximum atomic E-state index is 13.7. The summed E-state index contributed by atoms with van der Waals surface area (Å²) in [6.45, 7) is 2.24. The second-order valence-electron chi connectivity index (χ2n) is 9.17. The van der Waals surface area contributed by atoms with Gasteiger partial charge in [-0.1, -0.05) is 12.1 Å². The van der Waals surface area contributed by atoms with Crippen molar-refractivity contribution in [2.75, 3.05) is 41.0 Å². The fraction of sp³-hybridized carbons (Fsp3) is 0.393. The first kappa shape index (κ1) is 28.4. The molecule has 3 aromatic rings. The Morgan fingerprint density at radius 1 is 1.00 bits per heavy atom. The molecule has 4 rings (SSSR count). The number of carbonyl (C=O) groups is 2. The fourth-order valence-corrected chi connectivity index (χ4v) is 4.63. The molecule has 1 saturated heterocycles. The molecule has 1 aromatic heterocycles. The van der Waals surface area contributed by atoms with Crippen molar-refractivity contribution in [1.82, 2.24) is 19.2 Å². The summed E-state index contributed by atoms with van der Waals surface area (Å²) in [4.78, 5) is 54.7.